The van der Waals surface area contributed by atoms with E-state index in [2.05, 4.69) is 10.6 Å². The Kier molecular flexibility index (Phi) is 4.94. The second kappa shape index (κ2) is 7.76. The van der Waals surface area contributed by atoms with Crippen LogP contribution in [0.3, 0.4) is 0 Å². The summed E-state index contributed by atoms with van der Waals surface area (Å²) in [7, 11) is 0. The van der Waals surface area contributed by atoms with Crippen molar-refractivity contribution >= 4 is 28.7 Å². The van der Waals surface area contributed by atoms with Crippen molar-refractivity contribution in [2.24, 2.45) is 17.8 Å². The number of hydrogen-bond donors (Lipinski definition) is 2. The molecule has 0 radical (unpaired) electrons. The fraction of sp³-hybridized carbons (Fsp3) is 0.615. The van der Waals surface area contributed by atoms with Gasteiger partial charge in [0.1, 0.15) is 5.82 Å². The van der Waals surface area contributed by atoms with Gasteiger partial charge in [0.05, 0.1) is 23.0 Å². The van der Waals surface area contributed by atoms with Crippen molar-refractivity contribution in [1.29, 1.82) is 0 Å². The Labute approximate surface area is 193 Å². The number of aryl methyl sites for hydroxylation is 1. The fourth-order valence-electron chi connectivity index (χ4n) is 7.82. The minimum atomic E-state index is -0.448. The highest BCUT2D eigenvalue weighted by Crippen LogP contribution is 2.56. The van der Waals surface area contributed by atoms with Crippen molar-refractivity contribution in [2.75, 3.05) is 11.9 Å². The van der Waals surface area contributed by atoms with Gasteiger partial charge in [-0.3, -0.25) is 19.0 Å². The minimum absolute atomic E-state index is 0.0164. The van der Waals surface area contributed by atoms with E-state index in [0.29, 0.717) is 36.9 Å². The van der Waals surface area contributed by atoms with Crippen molar-refractivity contribution in [3.63, 3.8) is 0 Å². The van der Waals surface area contributed by atoms with Crippen LogP contribution in [0.5, 0.6) is 0 Å². The van der Waals surface area contributed by atoms with Crippen LogP contribution in [0.4, 0.5) is 5.69 Å². The molecule has 1 aromatic heterocycles. The van der Waals surface area contributed by atoms with Crippen LogP contribution in [0.2, 0.25) is 0 Å². The lowest BCUT2D eigenvalue weighted by molar-refractivity contribution is -0.131. The number of Topliss-reactive ketones (excluding diaryl/α,β-unsaturated/α-hetero) is 1. The van der Waals surface area contributed by atoms with E-state index in [1.807, 2.05) is 25.1 Å². The molecular formula is C26H32N4O3. The Morgan fingerprint density at radius 1 is 1.15 bits per heavy atom. The molecule has 2 unspecified atom stereocenters. The van der Waals surface area contributed by atoms with Crippen LogP contribution in [0, 0.1) is 24.7 Å². The van der Waals surface area contributed by atoms with Gasteiger partial charge in [-0.1, -0.05) is 6.07 Å². The van der Waals surface area contributed by atoms with Gasteiger partial charge in [0, 0.05) is 17.8 Å². The molecule has 2 N–H and O–H groups in total. The Balaban J connectivity index is 1.35. The summed E-state index contributed by atoms with van der Waals surface area (Å²) < 4.78 is 1.79. The molecule has 7 nitrogen and oxygen atoms in total. The van der Waals surface area contributed by atoms with E-state index in [0.717, 1.165) is 29.0 Å². The van der Waals surface area contributed by atoms with E-state index < -0.39 is 11.8 Å². The van der Waals surface area contributed by atoms with Crippen molar-refractivity contribution in [3.05, 3.63) is 34.4 Å². The first-order valence-corrected chi connectivity index (χ1v) is 12.5. The predicted molar refractivity (Wildman–Crippen MR) is 126 cm³/mol. The van der Waals surface area contributed by atoms with Gasteiger partial charge in [-0.05, 0) is 88.2 Å². The lowest BCUT2D eigenvalue weighted by Crippen LogP contribution is -2.54. The largest absolute Gasteiger partial charge is 0.379 e. The maximum atomic E-state index is 13.9. The third-order valence-corrected chi connectivity index (χ3v) is 8.76. The highest BCUT2D eigenvalue weighted by atomic mass is 16.2. The van der Waals surface area contributed by atoms with Crippen molar-refractivity contribution in [2.45, 2.75) is 75.9 Å². The second-order valence-corrected chi connectivity index (χ2v) is 11.1. The minimum Gasteiger partial charge on any atom is -0.379 e. The molecule has 1 aliphatic heterocycles. The van der Waals surface area contributed by atoms with Crippen LogP contribution in [-0.2, 0) is 9.59 Å². The first-order valence-electron chi connectivity index (χ1n) is 12.5. The van der Waals surface area contributed by atoms with E-state index in [1.165, 1.54) is 38.5 Å². The molecule has 33 heavy (non-hydrogen) atoms. The topological polar surface area (TPSA) is 93.1 Å². The van der Waals surface area contributed by atoms with Crippen LogP contribution in [0.1, 0.15) is 63.2 Å². The maximum absolute atomic E-state index is 13.9. The summed E-state index contributed by atoms with van der Waals surface area (Å²) in [6.45, 7) is 2.35. The smallest absolute Gasteiger partial charge is 0.263 e. The number of piperidine rings is 1. The normalized spacial score (nSPS) is 35.0. The first-order chi connectivity index (χ1) is 15.9. The van der Waals surface area contributed by atoms with Gasteiger partial charge in [-0.2, -0.15) is 0 Å². The number of nitrogens with zero attached hydrogens (tertiary/aromatic N) is 2. The van der Waals surface area contributed by atoms with Gasteiger partial charge in [0.15, 0.2) is 6.29 Å². The van der Waals surface area contributed by atoms with Gasteiger partial charge in [0.25, 0.3) is 5.56 Å². The van der Waals surface area contributed by atoms with E-state index in [-0.39, 0.29) is 17.1 Å². The molecule has 0 amide bonds. The SMILES string of the molecule is Cc1nc2cccc(NC34CC5CC(CC(C5)C3)C4)c2c(=O)n1C1CCC(C(=O)C=O)NC1. The number of nitrogens with one attached hydrogen (secondary N) is 2. The summed E-state index contributed by atoms with van der Waals surface area (Å²) in [5.41, 5.74) is 1.75. The summed E-state index contributed by atoms with van der Waals surface area (Å²) in [6.07, 6.45) is 9.36. The van der Waals surface area contributed by atoms with Crippen LogP contribution in [0.15, 0.2) is 23.0 Å². The van der Waals surface area contributed by atoms with Gasteiger partial charge < -0.3 is 10.6 Å². The standard InChI is InChI=1S/C26H32N4O3/c1-15-28-21-3-2-4-22(29-26-10-16-7-17(11-26)9-18(8-16)12-26)24(21)25(33)30(15)19-5-6-20(27-13-19)23(32)14-31/h2-4,14,16-20,27,29H,5-13H2,1H3. The van der Waals surface area contributed by atoms with Crippen LogP contribution in [-0.4, -0.2) is 39.7 Å². The van der Waals surface area contributed by atoms with Gasteiger partial charge in [0.2, 0.25) is 5.78 Å². The maximum Gasteiger partial charge on any atom is 0.263 e. The molecule has 4 bridgehead atoms. The number of fused-ring (bicyclic) bond motifs is 1. The van der Waals surface area contributed by atoms with Crippen LogP contribution >= 0.6 is 0 Å². The lowest BCUT2D eigenvalue weighted by atomic mass is 9.53. The molecule has 2 atom stereocenters. The molecule has 2 heterocycles. The summed E-state index contributed by atoms with van der Waals surface area (Å²) in [5.74, 6) is 2.74. The molecule has 1 aromatic carbocycles. The second-order valence-electron chi connectivity index (χ2n) is 11.1. The number of ketones is 1. The van der Waals surface area contributed by atoms with Gasteiger partial charge >= 0.3 is 0 Å². The molecule has 174 valence electrons. The molecule has 5 aliphatic rings. The predicted octanol–water partition coefficient (Wildman–Crippen LogP) is 3.15. The van der Waals surface area contributed by atoms with Gasteiger partial charge in [-0.25, -0.2) is 4.98 Å². The third-order valence-electron chi connectivity index (χ3n) is 8.76. The Bertz CT molecular complexity index is 1140. The van der Waals surface area contributed by atoms with Crippen LogP contribution < -0.4 is 16.2 Å². The zero-order valence-corrected chi connectivity index (χ0v) is 19.2. The number of hydrogen-bond acceptors (Lipinski definition) is 6. The molecule has 2 aromatic rings. The molecule has 7 rings (SSSR count). The quantitative estimate of drug-likeness (QED) is 0.539. The van der Waals surface area contributed by atoms with E-state index in [9.17, 15) is 14.4 Å². The number of carbonyl (C=O) groups excluding carboxylic acids is 2. The summed E-state index contributed by atoms with van der Waals surface area (Å²) >= 11 is 0. The molecule has 5 fully saturated rings. The first kappa shape index (κ1) is 21.0. The molecule has 4 aliphatic carbocycles. The lowest BCUT2D eigenvalue weighted by Gasteiger charge is -2.57. The van der Waals surface area contributed by atoms with Crippen molar-refractivity contribution in [3.8, 4) is 0 Å². The molecular weight excluding hydrogens is 416 g/mol. The third kappa shape index (κ3) is 3.52. The highest BCUT2D eigenvalue weighted by Gasteiger charge is 2.51. The fourth-order valence-corrected chi connectivity index (χ4v) is 7.82. The number of aromatic nitrogens is 2. The van der Waals surface area contributed by atoms with E-state index in [1.54, 1.807) is 4.57 Å². The molecule has 1 saturated heterocycles. The van der Waals surface area contributed by atoms with Crippen molar-refractivity contribution < 1.29 is 9.59 Å². The summed E-state index contributed by atoms with van der Waals surface area (Å²) in [6, 6.07) is 5.44. The van der Waals surface area contributed by atoms with Crippen molar-refractivity contribution in [1.82, 2.24) is 14.9 Å². The number of benzene rings is 1. The average Bonchev–Trinajstić information content (AvgIpc) is 2.77. The average molecular weight is 449 g/mol. The zero-order chi connectivity index (χ0) is 22.7. The monoisotopic (exact) mass is 448 g/mol. The van der Waals surface area contributed by atoms with Crippen LogP contribution in [0.25, 0.3) is 10.9 Å². The zero-order valence-electron chi connectivity index (χ0n) is 19.2. The summed E-state index contributed by atoms with van der Waals surface area (Å²) in [4.78, 5) is 41.3. The number of carbonyl (C=O) groups is 2. The Morgan fingerprint density at radius 3 is 2.45 bits per heavy atom. The van der Waals surface area contributed by atoms with Gasteiger partial charge in [-0.15, -0.1) is 0 Å². The Hall–Kier alpha value is -2.54. The molecule has 4 saturated carbocycles. The molecule has 7 heteroatoms. The Morgan fingerprint density at radius 2 is 1.85 bits per heavy atom. The number of rotatable bonds is 5. The summed E-state index contributed by atoms with van der Waals surface area (Å²) in [5, 5.41) is 7.72. The highest BCUT2D eigenvalue weighted by molar-refractivity contribution is 6.27. The van der Waals surface area contributed by atoms with E-state index >= 15 is 0 Å². The number of aldehydes is 1. The number of anilines is 1. The van der Waals surface area contributed by atoms with E-state index in [4.69, 9.17) is 4.98 Å². The molecule has 0 spiro atoms.